The minimum Gasteiger partial charge on any atom is -0.328 e. The number of hydrogen-bond donors (Lipinski definition) is 0. The van der Waals surface area contributed by atoms with Gasteiger partial charge in [0.05, 0.1) is 11.4 Å². The SMILES string of the molecule is C=C.C=C1C(F)=CC2=C(N1C)N(c1ccc(C)cc1F)C(=C)C2C.C=CCC1(C)CC1.C=O. The van der Waals surface area contributed by atoms with E-state index in [1.807, 2.05) is 32.8 Å². The molecule has 178 valence electrons. The molecule has 0 radical (unpaired) electrons. The lowest BCUT2D eigenvalue weighted by atomic mass is 9.99. The Morgan fingerprint density at radius 3 is 2.21 bits per heavy atom. The largest absolute Gasteiger partial charge is 0.328 e. The van der Waals surface area contributed by atoms with Crippen molar-refractivity contribution in [3.05, 3.63) is 103 Å². The lowest BCUT2D eigenvalue weighted by Crippen LogP contribution is -2.31. The van der Waals surface area contributed by atoms with Crippen LogP contribution in [0.15, 0.2) is 91.9 Å². The molecule has 33 heavy (non-hydrogen) atoms. The Morgan fingerprint density at radius 2 is 1.76 bits per heavy atom. The number of likely N-dealkylation sites (N-methyl/N-ethyl adjacent to an activating group) is 1. The molecule has 1 aromatic rings. The summed E-state index contributed by atoms with van der Waals surface area (Å²) in [6, 6.07) is 5.06. The Morgan fingerprint density at radius 1 is 1.18 bits per heavy atom. The molecule has 1 aromatic carbocycles. The smallest absolute Gasteiger partial charge is 0.147 e. The van der Waals surface area contributed by atoms with Crippen LogP contribution in [-0.2, 0) is 4.79 Å². The quantitative estimate of drug-likeness (QED) is 0.439. The van der Waals surface area contributed by atoms with Gasteiger partial charge in [-0.15, -0.1) is 19.7 Å². The fraction of sp³-hybridized carbons (Fsp3) is 0.321. The number of benzene rings is 1. The molecular weight excluding hydrogens is 418 g/mol. The third-order valence-corrected chi connectivity index (χ3v) is 6.09. The monoisotopic (exact) mass is 454 g/mol. The van der Waals surface area contributed by atoms with Gasteiger partial charge in [-0.05, 0) is 55.4 Å². The number of aryl methyl sites for hydroxylation is 1. The molecular formula is C28H36F2N2O. The second-order valence-electron chi connectivity index (χ2n) is 8.58. The number of allylic oxidation sites excluding steroid dienone is 4. The Kier molecular flexibility index (Phi) is 9.78. The minimum absolute atomic E-state index is 0.0861. The first-order chi connectivity index (χ1) is 15.6. The molecule has 0 saturated heterocycles. The summed E-state index contributed by atoms with van der Waals surface area (Å²) in [6.45, 7) is 25.6. The van der Waals surface area contributed by atoms with Gasteiger partial charge in [-0.3, -0.25) is 4.90 Å². The maximum absolute atomic E-state index is 14.4. The summed E-state index contributed by atoms with van der Waals surface area (Å²) < 4.78 is 28.4. The number of hydrogen-bond acceptors (Lipinski definition) is 3. The number of nitrogens with zero attached hydrogens (tertiary/aromatic N) is 2. The van der Waals surface area contributed by atoms with Gasteiger partial charge in [-0.1, -0.05) is 39.1 Å². The van der Waals surface area contributed by atoms with E-state index >= 15 is 0 Å². The van der Waals surface area contributed by atoms with Gasteiger partial charge in [0, 0.05) is 24.2 Å². The normalized spacial score (nSPS) is 19.7. The van der Waals surface area contributed by atoms with Crippen LogP contribution in [-0.4, -0.2) is 18.7 Å². The van der Waals surface area contributed by atoms with E-state index in [9.17, 15) is 8.78 Å². The van der Waals surface area contributed by atoms with Gasteiger partial charge in [0.15, 0.2) is 0 Å². The van der Waals surface area contributed by atoms with E-state index in [0.29, 0.717) is 16.9 Å². The van der Waals surface area contributed by atoms with Crippen LogP contribution in [0.3, 0.4) is 0 Å². The minimum atomic E-state index is -0.368. The molecule has 1 fully saturated rings. The molecule has 0 bridgehead atoms. The van der Waals surface area contributed by atoms with Crippen molar-refractivity contribution in [1.82, 2.24) is 4.90 Å². The third-order valence-electron chi connectivity index (χ3n) is 6.09. The molecule has 1 saturated carbocycles. The van der Waals surface area contributed by atoms with Crippen LogP contribution in [0.1, 0.15) is 38.7 Å². The standard InChI is InChI=1S/C18H18F2N2.C7H12.C2H4.CH2O/c1-10-6-7-17(16(20)8-10)22-12(3)11(2)14-9-15(19)13(4)21(5)18(14)22;1-3-4-7(2)5-6-7;2*1-2/h6-9,11H,3-4H2,1-2,5H3;3H,1,4-6H2,2H3;1-2H2;1H2. The van der Waals surface area contributed by atoms with E-state index in [-0.39, 0.29) is 23.3 Å². The summed E-state index contributed by atoms with van der Waals surface area (Å²) in [6.07, 6.45) is 7.54. The molecule has 1 aliphatic carbocycles. The molecule has 4 rings (SSSR count). The van der Waals surface area contributed by atoms with E-state index < -0.39 is 0 Å². The van der Waals surface area contributed by atoms with Crippen LogP contribution >= 0.6 is 0 Å². The average molecular weight is 455 g/mol. The van der Waals surface area contributed by atoms with Crippen molar-refractivity contribution < 1.29 is 13.6 Å². The molecule has 0 aromatic heterocycles. The Hall–Kier alpha value is -3.21. The van der Waals surface area contributed by atoms with Crippen molar-refractivity contribution in [2.75, 3.05) is 11.9 Å². The van der Waals surface area contributed by atoms with Gasteiger partial charge in [0.1, 0.15) is 24.3 Å². The predicted octanol–water partition coefficient (Wildman–Crippen LogP) is 7.61. The predicted molar refractivity (Wildman–Crippen MR) is 136 cm³/mol. The third kappa shape index (κ3) is 5.98. The summed E-state index contributed by atoms with van der Waals surface area (Å²) in [5.41, 5.74) is 3.72. The summed E-state index contributed by atoms with van der Waals surface area (Å²) in [4.78, 5) is 11.4. The van der Waals surface area contributed by atoms with E-state index in [0.717, 1.165) is 16.8 Å². The molecule has 1 atom stereocenters. The van der Waals surface area contributed by atoms with Crippen LogP contribution in [0.5, 0.6) is 0 Å². The lowest BCUT2D eigenvalue weighted by Gasteiger charge is -2.33. The lowest BCUT2D eigenvalue weighted by molar-refractivity contribution is -0.0979. The summed E-state index contributed by atoms with van der Waals surface area (Å²) in [5, 5.41) is 0. The number of carbonyl (C=O) groups excluding carboxylic acids is 1. The first-order valence-corrected chi connectivity index (χ1v) is 10.8. The first kappa shape index (κ1) is 27.8. The highest BCUT2D eigenvalue weighted by atomic mass is 19.1. The van der Waals surface area contributed by atoms with Crippen molar-refractivity contribution in [1.29, 1.82) is 0 Å². The summed E-state index contributed by atoms with van der Waals surface area (Å²) >= 11 is 0. The van der Waals surface area contributed by atoms with Crippen LogP contribution in [0, 0.1) is 24.1 Å². The Balaban J connectivity index is 0.000000415. The van der Waals surface area contributed by atoms with Gasteiger partial charge in [0.25, 0.3) is 0 Å². The van der Waals surface area contributed by atoms with E-state index in [4.69, 9.17) is 4.79 Å². The van der Waals surface area contributed by atoms with Crippen LogP contribution in [0.4, 0.5) is 14.5 Å². The topological polar surface area (TPSA) is 23.6 Å². The van der Waals surface area contributed by atoms with Crippen molar-refractivity contribution >= 4 is 12.5 Å². The van der Waals surface area contributed by atoms with E-state index in [1.54, 1.807) is 22.9 Å². The molecule has 3 nitrogen and oxygen atoms in total. The van der Waals surface area contributed by atoms with Gasteiger partial charge in [-0.2, -0.15) is 0 Å². The highest BCUT2D eigenvalue weighted by Crippen LogP contribution is 2.48. The Labute approximate surface area is 197 Å². The first-order valence-electron chi connectivity index (χ1n) is 10.8. The zero-order valence-electron chi connectivity index (χ0n) is 20.4. The fourth-order valence-corrected chi connectivity index (χ4v) is 3.70. The highest BCUT2D eigenvalue weighted by Gasteiger charge is 2.39. The number of rotatable bonds is 3. The van der Waals surface area contributed by atoms with Gasteiger partial charge in [0.2, 0.25) is 0 Å². The molecule has 5 heteroatoms. The van der Waals surface area contributed by atoms with Crippen molar-refractivity contribution in [3.63, 3.8) is 0 Å². The average Bonchev–Trinajstić information content (AvgIpc) is 3.48. The number of halogens is 2. The van der Waals surface area contributed by atoms with Gasteiger partial charge >= 0.3 is 0 Å². The fourth-order valence-electron chi connectivity index (χ4n) is 3.70. The van der Waals surface area contributed by atoms with Crippen LogP contribution in [0.2, 0.25) is 0 Å². The van der Waals surface area contributed by atoms with Crippen molar-refractivity contribution in [3.8, 4) is 0 Å². The molecule has 0 spiro atoms. The number of carbonyl (C=O) groups is 1. The molecule has 1 unspecified atom stereocenters. The van der Waals surface area contributed by atoms with Crippen LogP contribution < -0.4 is 4.90 Å². The van der Waals surface area contributed by atoms with Gasteiger partial charge < -0.3 is 9.69 Å². The molecule has 2 heterocycles. The van der Waals surface area contributed by atoms with E-state index in [2.05, 4.69) is 39.8 Å². The molecule has 0 N–H and O–H groups in total. The highest BCUT2D eigenvalue weighted by molar-refractivity contribution is 5.67. The summed E-state index contributed by atoms with van der Waals surface area (Å²) in [5.74, 6) is -0.0630. The molecule has 0 amide bonds. The summed E-state index contributed by atoms with van der Waals surface area (Å²) in [7, 11) is 1.73. The van der Waals surface area contributed by atoms with Crippen molar-refractivity contribution in [2.24, 2.45) is 11.3 Å². The van der Waals surface area contributed by atoms with Crippen LogP contribution in [0.25, 0.3) is 0 Å². The Bertz CT molecular complexity index is 970. The molecule has 2 aliphatic heterocycles. The maximum Gasteiger partial charge on any atom is 0.147 e. The second kappa shape index (κ2) is 11.6. The van der Waals surface area contributed by atoms with E-state index in [1.165, 1.54) is 31.4 Å². The zero-order valence-corrected chi connectivity index (χ0v) is 20.4. The zero-order chi connectivity index (χ0) is 25.5. The molecule has 3 aliphatic rings. The maximum atomic E-state index is 14.4. The number of anilines is 1. The van der Waals surface area contributed by atoms with Crippen molar-refractivity contribution in [2.45, 2.75) is 40.0 Å². The second-order valence-corrected chi connectivity index (χ2v) is 8.58. The van der Waals surface area contributed by atoms with Gasteiger partial charge in [-0.25, -0.2) is 8.78 Å².